The predicted octanol–water partition coefficient (Wildman–Crippen LogP) is 3.54. The topological polar surface area (TPSA) is 65.1 Å². The molecule has 2 aliphatic rings. The molecule has 0 unspecified atom stereocenters. The van der Waals surface area contributed by atoms with Crippen LogP contribution in [0.3, 0.4) is 0 Å². The van der Waals surface area contributed by atoms with Crippen LogP contribution in [0, 0.1) is 5.92 Å². The van der Waals surface area contributed by atoms with Crippen LogP contribution in [0.5, 0.6) is 0 Å². The molecule has 0 bridgehead atoms. The van der Waals surface area contributed by atoms with Gasteiger partial charge in [0, 0.05) is 50.0 Å². The predicted molar refractivity (Wildman–Crippen MR) is 123 cm³/mol. The number of nitrogens with zero attached hydrogens (tertiary/aromatic N) is 3. The van der Waals surface area contributed by atoms with E-state index in [1.54, 1.807) is 29.2 Å². The van der Waals surface area contributed by atoms with Gasteiger partial charge < -0.3 is 19.9 Å². The van der Waals surface area contributed by atoms with Crippen molar-refractivity contribution in [2.75, 3.05) is 44.6 Å². The van der Waals surface area contributed by atoms with Crippen LogP contribution in [0.25, 0.3) is 0 Å². The lowest BCUT2D eigenvalue weighted by Gasteiger charge is -2.42. The maximum atomic E-state index is 13.5. The number of rotatable bonds is 4. The summed E-state index contributed by atoms with van der Waals surface area (Å²) in [5.74, 6) is 0.369. The summed E-state index contributed by atoms with van der Waals surface area (Å²) in [4.78, 5) is 32.2. The molecule has 2 saturated heterocycles. The van der Waals surface area contributed by atoms with Crippen molar-refractivity contribution >= 4 is 29.2 Å². The van der Waals surface area contributed by atoms with E-state index < -0.39 is 0 Å². The van der Waals surface area contributed by atoms with Crippen LogP contribution in [-0.2, 0) is 9.53 Å². The van der Waals surface area contributed by atoms with E-state index in [-0.39, 0.29) is 36.1 Å². The van der Waals surface area contributed by atoms with Crippen molar-refractivity contribution in [1.29, 1.82) is 0 Å². The number of anilines is 1. The lowest BCUT2D eigenvalue weighted by Crippen LogP contribution is -2.58. The lowest BCUT2D eigenvalue weighted by molar-refractivity contribution is -0.145. The zero-order valence-electron chi connectivity index (χ0n) is 19.0. The molecule has 7 nitrogen and oxygen atoms in total. The minimum atomic E-state index is -0.164. The number of morpholine rings is 1. The van der Waals surface area contributed by atoms with Crippen molar-refractivity contribution in [2.24, 2.45) is 5.92 Å². The number of carbonyl (C=O) groups excluding carboxylic acids is 2. The van der Waals surface area contributed by atoms with Gasteiger partial charge in [-0.25, -0.2) is 4.79 Å². The van der Waals surface area contributed by atoms with E-state index in [1.807, 2.05) is 4.90 Å². The third-order valence-electron chi connectivity index (χ3n) is 5.92. The van der Waals surface area contributed by atoms with E-state index in [0.717, 1.165) is 19.5 Å². The second-order valence-electron chi connectivity index (χ2n) is 9.00. The molecule has 0 aromatic heterocycles. The van der Waals surface area contributed by atoms with Crippen LogP contribution in [-0.4, -0.2) is 84.2 Å². The smallest absolute Gasteiger partial charge is 0.321 e. The van der Waals surface area contributed by atoms with Gasteiger partial charge in [-0.2, -0.15) is 0 Å². The van der Waals surface area contributed by atoms with Gasteiger partial charge in [0.15, 0.2) is 0 Å². The summed E-state index contributed by atoms with van der Waals surface area (Å²) in [5, 5.41) is 3.55. The fourth-order valence-electron chi connectivity index (χ4n) is 4.57. The summed E-state index contributed by atoms with van der Waals surface area (Å²) in [7, 11) is 0. The first kappa shape index (κ1) is 23.8. The van der Waals surface area contributed by atoms with Gasteiger partial charge in [0.1, 0.15) is 0 Å². The highest BCUT2D eigenvalue weighted by molar-refractivity contribution is 6.30. The summed E-state index contributed by atoms with van der Waals surface area (Å²) in [6.45, 7) is 12.2. The summed E-state index contributed by atoms with van der Waals surface area (Å²) >= 11 is 5.91. The molecule has 0 spiro atoms. The number of urea groups is 1. The average Bonchev–Trinajstić information content (AvgIpc) is 2.95. The summed E-state index contributed by atoms with van der Waals surface area (Å²) < 4.78 is 5.86. The Kier molecular flexibility index (Phi) is 8.19. The second kappa shape index (κ2) is 10.7. The monoisotopic (exact) mass is 450 g/mol. The van der Waals surface area contributed by atoms with Gasteiger partial charge in [0.2, 0.25) is 5.91 Å². The first-order valence-electron chi connectivity index (χ1n) is 11.2. The minimum absolute atomic E-state index is 0.119. The van der Waals surface area contributed by atoms with Crippen molar-refractivity contribution < 1.29 is 14.3 Å². The number of nitrogens with one attached hydrogen (secondary N) is 1. The zero-order valence-corrected chi connectivity index (χ0v) is 19.8. The molecule has 2 aliphatic heterocycles. The Morgan fingerprint density at radius 1 is 1.00 bits per heavy atom. The highest BCUT2D eigenvalue weighted by Crippen LogP contribution is 2.21. The molecule has 3 amide bonds. The largest absolute Gasteiger partial charge is 0.373 e. The Morgan fingerprint density at radius 2 is 1.58 bits per heavy atom. The third-order valence-corrected chi connectivity index (χ3v) is 6.17. The van der Waals surface area contributed by atoms with E-state index in [1.165, 1.54) is 0 Å². The molecule has 3 atom stereocenters. The zero-order chi connectivity index (χ0) is 22.5. The number of hydrogen-bond acceptors (Lipinski definition) is 4. The summed E-state index contributed by atoms with van der Waals surface area (Å²) in [5.41, 5.74) is 0.710. The number of halogens is 1. The number of benzene rings is 1. The molecule has 1 aromatic carbocycles. The van der Waals surface area contributed by atoms with E-state index in [2.05, 4.69) is 37.9 Å². The second-order valence-corrected chi connectivity index (χ2v) is 9.44. The Morgan fingerprint density at radius 3 is 2.19 bits per heavy atom. The lowest BCUT2D eigenvalue weighted by atomic mass is 9.99. The average molecular weight is 451 g/mol. The Balaban J connectivity index is 1.61. The molecule has 3 rings (SSSR count). The quantitative estimate of drug-likeness (QED) is 0.762. The maximum absolute atomic E-state index is 13.5. The number of carbonyl (C=O) groups is 2. The van der Waals surface area contributed by atoms with Gasteiger partial charge in [-0.3, -0.25) is 9.69 Å². The van der Waals surface area contributed by atoms with Crippen LogP contribution in [0.15, 0.2) is 24.3 Å². The Labute approximate surface area is 190 Å². The minimum Gasteiger partial charge on any atom is -0.373 e. The SMILES string of the molecule is CC(C)[C@H](C(=O)N1CCCN(C(=O)Nc2ccc(Cl)cc2)CC1)N1C[C@@H](C)O[C@@H](C)C1. The number of hydrogen-bond donors (Lipinski definition) is 1. The standard InChI is InChI=1S/C23H35ClN4O3/c1-16(2)21(28-14-17(3)31-18(4)15-28)22(29)26-10-5-11-27(13-12-26)23(30)25-20-8-6-19(24)7-9-20/h6-9,16-18,21H,5,10-15H2,1-4H3,(H,25,30)/t17-,18+,21-/m1/s1. The highest BCUT2D eigenvalue weighted by atomic mass is 35.5. The van der Waals surface area contributed by atoms with E-state index in [4.69, 9.17) is 16.3 Å². The van der Waals surface area contributed by atoms with Crippen LogP contribution < -0.4 is 5.32 Å². The van der Waals surface area contributed by atoms with Gasteiger partial charge in [-0.15, -0.1) is 0 Å². The molecule has 0 radical (unpaired) electrons. The highest BCUT2D eigenvalue weighted by Gasteiger charge is 2.37. The molecular weight excluding hydrogens is 416 g/mol. The molecular formula is C23H35ClN4O3. The molecule has 2 fully saturated rings. The van der Waals surface area contributed by atoms with Gasteiger partial charge in [-0.1, -0.05) is 25.4 Å². The van der Waals surface area contributed by atoms with Crippen molar-refractivity contribution in [3.8, 4) is 0 Å². The number of amides is 3. The van der Waals surface area contributed by atoms with Crippen molar-refractivity contribution in [1.82, 2.24) is 14.7 Å². The van der Waals surface area contributed by atoms with E-state index in [9.17, 15) is 9.59 Å². The van der Waals surface area contributed by atoms with E-state index >= 15 is 0 Å². The van der Waals surface area contributed by atoms with Crippen molar-refractivity contribution in [3.05, 3.63) is 29.3 Å². The van der Waals surface area contributed by atoms with Gasteiger partial charge in [0.25, 0.3) is 0 Å². The Bertz CT molecular complexity index is 748. The first-order chi connectivity index (χ1) is 14.7. The normalized spacial score (nSPS) is 24.1. The van der Waals surface area contributed by atoms with Crippen LogP contribution >= 0.6 is 11.6 Å². The van der Waals surface area contributed by atoms with Gasteiger partial charge in [-0.05, 0) is 50.5 Å². The van der Waals surface area contributed by atoms with Gasteiger partial charge in [0.05, 0.1) is 18.2 Å². The molecule has 172 valence electrons. The van der Waals surface area contributed by atoms with Crippen LogP contribution in [0.4, 0.5) is 10.5 Å². The van der Waals surface area contributed by atoms with Crippen LogP contribution in [0.2, 0.25) is 5.02 Å². The van der Waals surface area contributed by atoms with E-state index in [0.29, 0.717) is 36.9 Å². The van der Waals surface area contributed by atoms with Crippen molar-refractivity contribution in [2.45, 2.75) is 52.4 Å². The van der Waals surface area contributed by atoms with Crippen LogP contribution in [0.1, 0.15) is 34.1 Å². The Hall–Kier alpha value is -1.83. The maximum Gasteiger partial charge on any atom is 0.321 e. The number of ether oxygens (including phenoxy) is 1. The molecule has 1 N–H and O–H groups in total. The fourth-order valence-corrected chi connectivity index (χ4v) is 4.70. The molecule has 8 heteroatoms. The first-order valence-corrected chi connectivity index (χ1v) is 11.6. The molecule has 0 aliphatic carbocycles. The van der Waals surface area contributed by atoms with Gasteiger partial charge >= 0.3 is 6.03 Å². The molecule has 2 heterocycles. The molecule has 0 saturated carbocycles. The fraction of sp³-hybridized carbons (Fsp3) is 0.652. The molecule has 1 aromatic rings. The third kappa shape index (κ3) is 6.34. The summed E-state index contributed by atoms with van der Waals surface area (Å²) in [6, 6.07) is 6.76. The summed E-state index contributed by atoms with van der Waals surface area (Å²) in [6.07, 6.45) is 1.00. The van der Waals surface area contributed by atoms with Crippen molar-refractivity contribution in [3.63, 3.8) is 0 Å². The molecule has 31 heavy (non-hydrogen) atoms.